The topological polar surface area (TPSA) is 42.2 Å². The van der Waals surface area contributed by atoms with Crippen molar-refractivity contribution < 1.29 is 0 Å². The van der Waals surface area contributed by atoms with Crippen LogP contribution in [-0.2, 0) is 6.54 Å². The van der Waals surface area contributed by atoms with Gasteiger partial charge < -0.3 is 10.6 Å². The molecule has 3 nitrogen and oxygen atoms in total. The molecule has 0 bridgehead atoms. The van der Waals surface area contributed by atoms with Crippen molar-refractivity contribution in [3.8, 4) is 0 Å². The largest absolute Gasteiger partial charge is 0.348 e. The summed E-state index contributed by atoms with van der Waals surface area (Å²) in [4.78, 5) is 8.24. The van der Waals surface area contributed by atoms with Gasteiger partial charge in [-0.05, 0) is 25.7 Å². The summed E-state index contributed by atoms with van der Waals surface area (Å²) >= 11 is 1.76. The molecule has 0 spiro atoms. The highest BCUT2D eigenvalue weighted by Gasteiger charge is 2.19. The van der Waals surface area contributed by atoms with Gasteiger partial charge in [-0.2, -0.15) is 0 Å². The molecule has 2 rings (SSSR count). The van der Waals surface area contributed by atoms with Crippen molar-refractivity contribution in [1.29, 1.82) is 0 Å². The van der Waals surface area contributed by atoms with Gasteiger partial charge in [-0.25, -0.2) is 4.98 Å². The van der Waals surface area contributed by atoms with Crippen LogP contribution in [0.15, 0.2) is 0 Å². The average Bonchev–Trinajstić information content (AvgIpc) is 2.60. The van der Waals surface area contributed by atoms with Crippen LogP contribution >= 0.6 is 11.3 Å². The highest BCUT2D eigenvalue weighted by Crippen LogP contribution is 2.29. The van der Waals surface area contributed by atoms with Gasteiger partial charge in [-0.15, -0.1) is 11.3 Å². The van der Waals surface area contributed by atoms with E-state index in [2.05, 4.69) is 23.7 Å². The van der Waals surface area contributed by atoms with Gasteiger partial charge in [0.1, 0.15) is 0 Å². The van der Waals surface area contributed by atoms with Gasteiger partial charge >= 0.3 is 0 Å². The summed E-state index contributed by atoms with van der Waals surface area (Å²) in [5, 5.41) is 1.17. The average molecular weight is 225 g/mol. The third-order valence-corrected chi connectivity index (χ3v) is 4.23. The number of anilines is 1. The Balaban J connectivity index is 2.14. The van der Waals surface area contributed by atoms with Crippen LogP contribution in [0.25, 0.3) is 0 Å². The Morgan fingerprint density at radius 1 is 1.60 bits per heavy atom. The first-order valence-electron chi connectivity index (χ1n) is 5.62. The van der Waals surface area contributed by atoms with E-state index in [1.54, 1.807) is 11.3 Å². The molecule has 2 heterocycles. The smallest absolute Gasteiger partial charge is 0.185 e. The standard InChI is InChI=1S/C11H19N3S/c1-8-4-3-5-14(7-8)11-13-9(2)10(6-12)15-11/h8H,3-7,12H2,1-2H3. The molecule has 2 N–H and O–H groups in total. The van der Waals surface area contributed by atoms with Gasteiger partial charge in [0.2, 0.25) is 0 Å². The molecular weight excluding hydrogens is 206 g/mol. The number of thiazole rings is 1. The molecule has 1 aromatic rings. The minimum atomic E-state index is 0.618. The molecule has 0 saturated carbocycles. The van der Waals surface area contributed by atoms with E-state index in [0.717, 1.165) is 24.7 Å². The van der Waals surface area contributed by atoms with E-state index in [0.29, 0.717) is 6.54 Å². The van der Waals surface area contributed by atoms with Crippen molar-refractivity contribution in [3.63, 3.8) is 0 Å². The molecule has 15 heavy (non-hydrogen) atoms. The maximum absolute atomic E-state index is 5.67. The van der Waals surface area contributed by atoms with Crippen LogP contribution in [0.2, 0.25) is 0 Å². The van der Waals surface area contributed by atoms with E-state index in [-0.39, 0.29) is 0 Å². The summed E-state index contributed by atoms with van der Waals surface area (Å²) in [6.45, 7) is 7.29. The van der Waals surface area contributed by atoms with Crippen LogP contribution in [-0.4, -0.2) is 18.1 Å². The third-order valence-electron chi connectivity index (χ3n) is 2.99. The van der Waals surface area contributed by atoms with E-state index in [4.69, 9.17) is 5.73 Å². The van der Waals surface area contributed by atoms with E-state index in [9.17, 15) is 0 Å². The van der Waals surface area contributed by atoms with Gasteiger partial charge in [0.05, 0.1) is 5.69 Å². The number of aryl methyl sites for hydroxylation is 1. The van der Waals surface area contributed by atoms with Gasteiger partial charge in [0.25, 0.3) is 0 Å². The fraction of sp³-hybridized carbons (Fsp3) is 0.727. The van der Waals surface area contributed by atoms with Crippen molar-refractivity contribution in [2.75, 3.05) is 18.0 Å². The molecule has 84 valence electrons. The first kappa shape index (κ1) is 10.9. The Bertz CT molecular complexity index is 335. The van der Waals surface area contributed by atoms with Crippen molar-refractivity contribution >= 4 is 16.5 Å². The van der Waals surface area contributed by atoms with Crippen LogP contribution in [0, 0.1) is 12.8 Å². The van der Waals surface area contributed by atoms with E-state index >= 15 is 0 Å². The Kier molecular flexibility index (Phi) is 3.26. The molecule has 1 aromatic heterocycles. The fourth-order valence-electron chi connectivity index (χ4n) is 2.10. The zero-order valence-corrected chi connectivity index (χ0v) is 10.3. The van der Waals surface area contributed by atoms with Crippen molar-refractivity contribution in [2.24, 2.45) is 11.7 Å². The van der Waals surface area contributed by atoms with E-state index < -0.39 is 0 Å². The van der Waals surface area contributed by atoms with Gasteiger partial charge in [0, 0.05) is 24.5 Å². The quantitative estimate of drug-likeness (QED) is 0.838. The number of hydrogen-bond acceptors (Lipinski definition) is 4. The number of aromatic nitrogens is 1. The highest BCUT2D eigenvalue weighted by atomic mass is 32.1. The van der Waals surface area contributed by atoms with E-state index in [1.165, 1.54) is 22.9 Å². The summed E-state index contributed by atoms with van der Waals surface area (Å²) < 4.78 is 0. The molecule has 0 radical (unpaired) electrons. The van der Waals surface area contributed by atoms with Crippen LogP contribution in [0.3, 0.4) is 0 Å². The molecule has 0 aliphatic carbocycles. The Morgan fingerprint density at radius 3 is 3.00 bits per heavy atom. The van der Waals surface area contributed by atoms with Crippen LogP contribution in [0.4, 0.5) is 5.13 Å². The lowest BCUT2D eigenvalue weighted by atomic mass is 10.0. The summed E-state index contributed by atoms with van der Waals surface area (Å²) in [7, 11) is 0. The summed E-state index contributed by atoms with van der Waals surface area (Å²) in [6.07, 6.45) is 2.64. The number of hydrogen-bond donors (Lipinski definition) is 1. The molecule has 1 unspecified atom stereocenters. The molecule has 1 aliphatic rings. The van der Waals surface area contributed by atoms with Gasteiger partial charge in [-0.1, -0.05) is 6.92 Å². The maximum atomic E-state index is 5.67. The number of rotatable bonds is 2. The minimum Gasteiger partial charge on any atom is -0.348 e. The second-order valence-corrected chi connectivity index (χ2v) is 5.46. The van der Waals surface area contributed by atoms with Crippen LogP contribution < -0.4 is 10.6 Å². The second-order valence-electron chi connectivity index (χ2n) is 4.40. The predicted molar refractivity (Wildman–Crippen MR) is 65.4 cm³/mol. The molecule has 4 heteroatoms. The maximum Gasteiger partial charge on any atom is 0.185 e. The molecule has 1 atom stereocenters. The SMILES string of the molecule is Cc1nc(N2CCCC(C)C2)sc1CN. The Morgan fingerprint density at radius 2 is 2.40 bits per heavy atom. The first-order chi connectivity index (χ1) is 7.20. The molecule has 1 saturated heterocycles. The molecule has 0 aromatic carbocycles. The van der Waals surface area contributed by atoms with Gasteiger partial charge in [0.15, 0.2) is 5.13 Å². The Labute approximate surface area is 95.3 Å². The highest BCUT2D eigenvalue weighted by molar-refractivity contribution is 7.15. The van der Waals surface area contributed by atoms with E-state index in [1.807, 2.05) is 0 Å². The zero-order valence-electron chi connectivity index (χ0n) is 9.49. The lowest BCUT2D eigenvalue weighted by Crippen LogP contribution is -2.34. The summed E-state index contributed by atoms with van der Waals surface area (Å²) in [5.41, 5.74) is 6.78. The Hall–Kier alpha value is -0.610. The molecular formula is C11H19N3S. The second kappa shape index (κ2) is 4.49. The molecule has 1 aliphatic heterocycles. The number of piperidine rings is 1. The lowest BCUT2D eigenvalue weighted by Gasteiger charge is -2.30. The predicted octanol–water partition coefficient (Wildman–Crippen LogP) is 2.15. The zero-order chi connectivity index (χ0) is 10.8. The number of nitrogens with two attached hydrogens (primary N) is 1. The minimum absolute atomic E-state index is 0.618. The number of nitrogens with zero attached hydrogens (tertiary/aromatic N) is 2. The van der Waals surface area contributed by atoms with Crippen molar-refractivity contribution in [3.05, 3.63) is 10.6 Å². The molecule has 1 fully saturated rings. The van der Waals surface area contributed by atoms with Crippen LogP contribution in [0.5, 0.6) is 0 Å². The summed E-state index contributed by atoms with van der Waals surface area (Å²) in [6, 6.07) is 0. The van der Waals surface area contributed by atoms with Crippen molar-refractivity contribution in [1.82, 2.24) is 4.98 Å². The van der Waals surface area contributed by atoms with Gasteiger partial charge in [-0.3, -0.25) is 0 Å². The van der Waals surface area contributed by atoms with Crippen molar-refractivity contribution in [2.45, 2.75) is 33.2 Å². The normalized spacial score (nSPS) is 22.1. The summed E-state index contributed by atoms with van der Waals surface area (Å²) in [5.74, 6) is 0.796. The monoisotopic (exact) mass is 225 g/mol. The molecule has 0 amide bonds. The van der Waals surface area contributed by atoms with Crippen LogP contribution in [0.1, 0.15) is 30.3 Å². The first-order valence-corrected chi connectivity index (χ1v) is 6.43. The fourth-order valence-corrected chi connectivity index (χ4v) is 3.08. The third kappa shape index (κ3) is 2.32. The lowest BCUT2D eigenvalue weighted by molar-refractivity contribution is 0.446.